The second kappa shape index (κ2) is 6.80. The number of amides is 1. The Morgan fingerprint density at radius 3 is 2.73 bits per heavy atom. The molecule has 3 unspecified atom stereocenters. The molecule has 4 nitrogen and oxygen atoms in total. The molecule has 2 saturated heterocycles. The number of hydrogen-bond acceptors (Lipinski definition) is 3. The summed E-state index contributed by atoms with van der Waals surface area (Å²) in [5, 5.41) is 0. The Morgan fingerprint density at radius 1 is 1.18 bits per heavy atom. The van der Waals surface area contributed by atoms with Crippen molar-refractivity contribution in [1.82, 2.24) is 9.80 Å². The maximum Gasteiger partial charge on any atom is 0.227 e. The van der Waals surface area contributed by atoms with Crippen molar-refractivity contribution in [1.29, 1.82) is 0 Å². The van der Waals surface area contributed by atoms with Gasteiger partial charge in [-0.1, -0.05) is 43.7 Å². The first-order chi connectivity index (χ1) is 10.7. The van der Waals surface area contributed by atoms with E-state index >= 15 is 0 Å². The quantitative estimate of drug-likeness (QED) is 0.929. The van der Waals surface area contributed by atoms with Gasteiger partial charge in [0.05, 0.1) is 5.92 Å². The number of nitrogens with two attached hydrogens (primary N) is 1. The van der Waals surface area contributed by atoms with Gasteiger partial charge in [0, 0.05) is 31.7 Å². The van der Waals surface area contributed by atoms with Crippen molar-refractivity contribution in [2.24, 2.45) is 11.7 Å². The summed E-state index contributed by atoms with van der Waals surface area (Å²) < 4.78 is 0. The molecule has 0 aliphatic carbocycles. The average Bonchev–Trinajstić information content (AvgIpc) is 2.60. The lowest BCUT2D eigenvalue weighted by molar-refractivity contribution is -0.139. The van der Waals surface area contributed by atoms with Gasteiger partial charge in [-0.15, -0.1) is 0 Å². The van der Waals surface area contributed by atoms with Gasteiger partial charge in [0.25, 0.3) is 0 Å². The zero-order chi connectivity index (χ0) is 15.5. The van der Waals surface area contributed by atoms with Crippen LogP contribution in [0.3, 0.4) is 0 Å². The van der Waals surface area contributed by atoms with Crippen molar-refractivity contribution >= 4 is 5.91 Å². The Bertz CT molecular complexity index is 504. The van der Waals surface area contributed by atoms with Gasteiger partial charge in [-0.2, -0.15) is 0 Å². The van der Waals surface area contributed by atoms with Gasteiger partial charge < -0.3 is 10.6 Å². The number of carbonyl (C=O) groups is 1. The second-order valence-electron chi connectivity index (χ2n) is 6.69. The summed E-state index contributed by atoms with van der Waals surface area (Å²) in [6.45, 7) is 5.91. The highest BCUT2D eigenvalue weighted by Crippen LogP contribution is 2.25. The fourth-order valence-corrected chi connectivity index (χ4v) is 3.76. The Morgan fingerprint density at radius 2 is 1.95 bits per heavy atom. The molecule has 1 aromatic rings. The van der Waals surface area contributed by atoms with Crippen LogP contribution in [0, 0.1) is 5.92 Å². The van der Waals surface area contributed by atoms with Crippen molar-refractivity contribution in [3.05, 3.63) is 35.9 Å². The minimum absolute atomic E-state index is 0.169. The summed E-state index contributed by atoms with van der Waals surface area (Å²) in [5.41, 5.74) is 7.36. The van der Waals surface area contributed by atoms with E-state index in [1.54, 1.807) is 0 Å². The van der Waals surface area contributed by atoms with E-state index < -0.39 is 0 Å². The lowest BCUT2D eigenvalue weighted by atomic mass is 9.93. The summed E-state index contributed by atoms with van der Waals surface area (Å²) in [6, 6.07) is 10.3. The number of benzene rings is 1. The summed E-state index contributed by atoms with van der Waals surface area (Å²) in [6.07, 6.45) is 3.82. The lowest BCUT2D eigenvalue weighted by Crippen LogP contribution is -2.57. The molecule has 0 saturated carbocycles. The predicted octanol–water partition coefficient (Wildman–Crippen LogP) is 2.02. The molecule has 120 valence electrons. The summed E-state index contributed by atoms with van der Waals surface area (Å²) in [7, 11) is 0. The molecule has 4 heteroatoms. The van der Waals surface area contributed by atoms with E-state index in [1.165, 1.54) is 25.8 Å². The van der Waals surface area contributed by atoms with Crippen LogP contribution in [-0.4, -0.2) is 47.9 Å². The third-order valence-electron chi connectivity index (χ3n) is 5.26. The number of hydrogen-bond donors (Lipinski definition) is 1. The van der Waals surface area contributed by atoms with Crippen LogP contribution in [-0.2, 0) is 4.79 Å². The molecule has 0 radical (unpaired) electrons. The van der Waals surface area contributed by atoms with Crippen LogP contribution < -0.4 is 5.73 Å². The average molecular weight is 301 g/mol. The zero-order valence-corrected chi connectivity index (χ0v) is 13.4. The topological polar surface area (TPSA) is 49.6 Å². The number of carbonyl (C=O) groups excluding carboxylic acids is 1. The molecule has 3 rings (SSSR count). The van der Waals surface area contributed by atoms with Crippen molar-refractivity contribution in [3.63, 3.8) is 0 Å². The van der Waals surface area contributed by atoms with Crippen LogP contribution in [0.25, 0.3) is 0 Å². The SMILES string of the molecule is CC(C(=O)N1CCN2CCCCC2C1)C(N)c1ccccc1. The van der Waals surface area contributed by atoms with Crippen molar-refractivity contribution in [2.45, 2.75) is 38.3 Å². The smallest absolute Gasteiger partial charge is 0.227 e. The van der Waals surface area contributed by atoms with Gasteiger partial charge in [-0.05, 0) is 24.9 Å². The highest BCUT2D eigenvalue weighted by atomic mass is 16.2. The number of fused-ring (bicyclic) bond motifs is 1. The Balaban J connectivity index is 1.63. The molecule has 2 N–H and O–H groups in total. The van der Waals surface area contributed by atoms with E-state index in [0.29, 0.717) is 6.04 Å². The molecule has 0 aromatic heterocycles. The number of piperazine rings is 1. The van der Waals surface area contributed by atoms with E-state index in [4.69, 9.17) is 5.73 Å². The highest BCUT2D eigenvalue weighted by molar-refractivity contribution is 5.79. The fourth-order valence-electron chi connectivity index (χ4n) is 3.76. The molecule has 2 heterocycles. The number of nitrogens with zero attached hydrogens (tertiary/aromatic N) is 2. The fraction of sp³-hybridized carbons (Fsp3) is 0.611. The molecular weight excluding hydrogens is 274 g/mol. The second-order valence-corrected chi connectivity index (χ2v) is 6.69. The zero-order valence-electron chi connectivity index (χ0n) is 13.4. The summed E-state index contributed by atoms with van der Waals surface area (Å²) in [4.78, 5) is 17.4. The van der Waals surface area contributed by atoms with Gasteiger partial charge in [0.15, 0.2) is 0 Å². The van der Waals surface area contributed by atoms with Gasteiger partial charge >= 0.3 is 0 Å². The monoisotopic (exact) mass is 301 g/mol. The van der Waals surface area contributed by atoms with E-state index in [2.05, 4.69) is 4.90 Å². The molecular formula is C18H27N3O. The van der Waals surface area contributed by atoms with Crippen molar-refractivity contribution in [3.8, 4) is 0 Å². The van der Waals surface area contributed by atoms with Crippen LogP contribution in [0.2, 0.25) is 0 Å². The van der Waals surface area contributed by atoms with Gasteiger partial charge in [0.1, 0.15) is 0 Å². The van der Waals surface area contributed by atoms with E-state index in [9.17, 15) is 4.79 Å². The molecule has 0 bridgehead atoms. The normalized spacial score (nSPS) is 25.4. The summed E-state index contributed by atoms with van der Waals surface area (Å²) >= 11 is 0. The molecule has 22 heavy (non-hydrogen) atoms. The largest absolute Gasteiger partial charge is 0.340 e. The van der Waals surface area contributed by atoms with Crippen LogP contribution in [0.4, 0.5) is 0 Å². The van der Waals surface area contributed by atoms with Crippen molar-refractivity contribution < 1.29 is 4.79 Å². The molecule has 1 amide bonds. The van der Waals surface area contributed by atoms with Crippen LogP contribution in [0.1, 0.15) is 37.8 Å². The van der Waals surface area contributed by atoms with Crippen LogP contribution >= 0.6 is 0 Å². The third kappa shape index (κ3) is 3.18. The Kier molecular flexibility index (Phi) is 4.79. The first-order valence-corrected chi connectivity index (χ1v) is 8.50. The molecule has 3 atom stereocenters. The highest BCUT2D eigenvalue weighted by Gasteiger charge is 2.34. The van der Waals surface area contributed by atoms with E-state index in [1.807, 2.05) is 42.2 Å². The van der Waals surface area contributed by atoms with Gasteiger partial charge in [-0.3, -0.25) is 9.69 Å². The predicted molar refractivity (Wildman–Crippen MR) is 88.3 cm³/mol. The minimum atomic E-state index is -0.224. The van der Waals surface area contributed by atoms with Gasteiger partial charge in [0.2, 0.25) is 5.91 Å². The lowest BCUT2D eigenvalue weighted by Gasteiger charge is -2.44. The Labute approximate surface area is 133 Å². The van der Waals surface area contributed by atoms with Crippen molar-refractivity contribution in [2.75, 3.05) is 26.2 Å². The molecule has 2 aliphatic rings. The summed E-state index contributed by atoms with van der Waals surface area (Å²) in [5.74, 6) is 0.0408. The third-order valence-corrected chi connectivity index (χ3v) is 5.26. The molecule has 0 spiro atoms. The van der Waals surface area contributed by atoms with E-state index in [0.717, 1.165) is 25.2 Å². The Hall–Kier alpha value is -1.39. The minimum Gasteiger partial charge on any atom is -0.340 e. The van der Waals surface area contributed by atoms with Gasteiger partial charge in [-0.25, -0.2) is 0 Å². The molecule has 1 aromatic carbocycles. The van der Waals surface area contributed by atoms with Crippen LogP contribution in [0.5, 0.6) is 0 Å². The first-order valence-electron chi connectivity index (χ1n) is 8.50. The first kappa shape index (κ1) is 15.5. The number of rotatable bonds is 3. The maximum absolute atomic E-state index is 12.8. The standard InChI is InChI=1S/C18H27N3O/c1-14(17(19)15-7-3-2-4-8-15)18(22)21-12-11-20-10-6-5-9-16(20)13-21/h2-4,7-8,14,16-17H,5-6,9-13,19H2,1H3. The maximum atomic E-state index is 12.8. The molecule has 2 aliphatic heterocycles. The van der Waals surface area contributed by atoms with Crippen LogP contribution in [0.15, 0.2) is 30.3 Å². The number of piperidine rings is 1. The van der Waals surface area contributed by atoms with E-state index in [-0.39, 0.29) is 17.9 Å². The molecule has 2 fully saturated rings.